The minimum absolute atomic E-state index is 0.0840. The minimum atomic E-state index is 0.0840. The number of pyridine rings is 1. The van der Waals surface area contributed by atoms with Gasteiger partial charge in [-0.05, 0) is 13.8 Å². The maximum Gasteiger partial charge on any atom is 0.223 e. The number of halogens is 1. The monoisotopic (exact) mass is 348 g/mol. The molecule has 0 saturated heterocycles. The van der Waals surface area contributed by atoms with Gasteiger partial charge >= 0.3 is 0 Å². The van der Waals surface area contributed by atoms with Crippen molar-refractivity contribution in [1.29, 1.82) is 0 Å². The van der Waals surface area contributed by atoms with Crippen LogP contribution in [0.15, 0.2) is 6.20 Å². The molecule has 1 aliphatic rings. The summed E-state index contributed by atoms with van der Waals surface area (Å²) in [5.41, 5.74) is 15.5. The number of aryl methyl sites for hydroxylation is 1. The van der Waals surface area contributed by atoms with E-state index in [2.05, 4.69) is 19.9 Å². The number of hydrogen-bond acceptors (Lipinski definition) is 7. The highest BCUT2D eigenvalue weighted by Crippen LogP contribution is 2.39. The lowest BCUT2D eigenvalue weighted by Gasteiger charge is -2.21. The molecular formula is C16H21ClN6O. The number of ether oxygens (including phenoxy) is 1. The van der Waals surface area contributed by atoms with Crippen molar-refractivity contribution >= 4 is 23.4 Å². The molecule has 0 fully saturated rings. The topological polar surface area (TPSA) is 103 Å². The van der Waals surface area contributed by atoms with E-state index in [0.29, 0.717) is 24.8 Å². The second-order valence-corrected chi connectivity index (χ2v) is 6.33. The van der Waals surface area contributed by atoms with E-state index in [4.69, 9.17) is 27.8 Å². The fourth-order valence-electron chi connectivity index (χ4n) is 3.23. The molecule has 0 spiro atoms. The molecule has 0 saturated carbocycles. The molecule has 8 heteroatoms. The van der Waals surface area contributed by atoms with Crippen molar-refractivity contribution in [3.63, 3.8) is 0 Å². The highest BCUT2D eigenvalue weighted by Gasteiger charge is 2.33. The van der Waals surface area contributed by atoms with Crippen LogP contribution >= 0.6 is 11.6 Å². The van der Waals surface area contributed by atoms with Gasteiger partial charge in [-0.15, -0.1) is 0 Å². The molecule has 1 aliphatic heterocycles. The van der Waals surface area contributed by atoms with Crippen LogP contribution in [0, 0.1) is 13.8 Å². The van der Waals surface area contributed by atoms with Gasteiger partial charge in [0.1, 0.15) is 16.7 Å². The van der Waals surface area contributed by atoms with Gasteiger partial charge in [0.2, 0.25) is 5.95 Å². The number of nitrogens with zero attached hydrogens (tertiary/aromatic N) is 4. The van der Waals surface area contributed by atoms with Crippen molar-refractivity contribution < 1.29 is 4.74 Å². The van der Waals surface area contributed by atoms with Crippen molar-refractivity contribution in [3.05, 3.63) is 33.7 Å². The Bertz CT molecular complexity index is 782. The zero-order valence-corrected chi connectivity index (χ0v) is 14.8. The first-order valence-electron chi connectivity index (χ1n) is 7.73. The average Bonchev–Trinajstić information content (AvgIpc) is 2.88. The van der Waals surface area contributed by atoms with Crippen LogP contribution in [0.25, 0.3) is 0 Å². The zero-order chi connectivity index (χ0) is 17.4. The summed E-state index contributed by atoms with van der Waals surface area (Å²) < 4.78 is 5.49. The Morgan fingerprint density at radius 2 is 2.12 bits per heavy atom. The first-order chi connectivity index (χ1) is 11.5. The maximum absolute atomic E-state index is 6.27. The summed E-state index contributed by atoms with van der Waals surface area (Å²) in [4.78, 5) is 15.1. The van der Waals surface area contributed by atoms with E-state index in [0.717, 1.165) is 34.0 Å². The lowest BCUT2D eigenvalue weighted by molar-refractivity contribution is 0.406. The summed E-state index contributed by atoms with van der Waals surface area (Å²) in [6.45, 7) is 5.75. The number of nitrogens with two attached hydrogens (primary N) is 2. The molecule has 0 unspecified atom stereocenters. The predicted octanol–water partition coefficient (Wildman–Crippen LogP) is 1.80. The third-order valence-electron chi connectivity index (χ3n) is 4.42. The van der Waals surface area contributed by atoms with Crippen LogP contribution in [0.2, 0.25) is 5.15 Å². The number of rotatable bonds is 4. The standard InChI is InChI=1S/C16H21ClN6O/c1-8-5-20-11(9(2)13(8)24-3)7-23-6-10(4-18)12-14(17)21-16(19)22-15(12)23/h5,10H,4,6-7,18H2,1-3H3,(H2,19,21,22)/t10-/m1/s1. The second-order valence-electron chi connectivity index (χ2n) is 5.97. The second kappa shape index (κ2) is 6.41. The Morgan fingerprint density at radius 1 is 1.38 bits per heavy atom. The summed E-state index contributed by atoms with van der Waals surface area (Å²) in [6.07, 6.45) is 1.82. The van der Waals surface area contributed by atoms with E-state index in [-0.39, 0.29) is 11.9 Å². The number of anilines is 2. The van der Waals surface area contributed by atoms with Gasteiger partial charge in [0.05, 0.1) is 19.3 Å². The zero-order valence-electron chi connectivity index (χ0n) is 14.0. The molecule has 128 valence electrons. The van der Waals surface area contributed by atoms with Crippen LogP contribution < -0.4 is 21.1 Å². The van der Waals surface area contributed by atoms with Gasteiger partial charge < -0.3 is 21.1 Å². The number of nitrogen functional groups attached to an aromatic ring is 1. The predicted molar refractivity (Wildman–Crippen MR) is 94.6 cm³/mol. The molecule has 7 nitrogen and oxygen atoms in total. The van der Waals surface area contributed by atoms with Gasteiger partial charge in [-0.1, -0.05) is 11.6 Å². The molecule has 4 N–H and O–H groups in total. The fourth-order valence-corrected chi connectivity index (χ4v) is 3.55. The molecule has 0 aliphatic carbocycles. The highest BCUT2D eigenvalue weighted by molar-refractivity contribution is 6.30. The van der Waals surface area contributed by atoms with Crippen LogP contribution in [-0.4, -0.2) is 35.2 Å². The molecule has 1 atom stereocenters. The molecule has 3 heterocycles. The molecule has 3 rings (SSSR count). The fraction of sp³-hybridized carbons (Fsp3) is 0.438. The average molecular weight is 349 g/mol. The number of methoxy groups -OCH3 is 1. The molecule has 0 aromatic carbocycles. The van der Waals surface area contributed by atoms with Crippen LogP contribution in [0.1, 0.15) is 28.3 Å². The van der Waals surface area contributed by atoms with Gasteiger partial charge in [0, 0.05) is 41.9 Å². The van der Waals surface area contributed by atoms with Gasteiger partial charge in [0.25, 0.3) is 0 Å². The maximum atomic E-state index is 6.27. The smallest absolute Gasteiger partial charge is 0.223 e. The highest BCUT2D eigenvalue weighted by atomic mass is 35.5. The van der Waals surface area contributed by atoms with Gasteiger partial charge in [-0.25, -0.2) is 4.98 Å². The van der Waals surface area contributed by atoms with Crippen molar-refractivity contribution in [2.24, 2.45) is 5.73 Å². The minimum Gasteiger partial charge on any atom is -0.496 e. The molecule has 0 bridgehead atoms. The quantitative estimate of drug-likeness (QED) is 0.812. The van der Waals surface area contributed by atoms with E-state index < -0.39 is 0 Å². The largest absolute Gasteiger partial charge is 0.496 e. The summed E-state index contributed by atoms with van der Waals surface area (Å²) in [6, 6.07) is 0. The molecule has 2 aromatic rings. The summed E-state index contributed by atoms with van der Waals surface area (Å²) in [5.74, 6) is 1.84. The summed E-state index contributed by atoms with van der Waals surface area (Å²) >= 11 is 6.27. The van der Waals surface area contributed by atoms with Crippen LogP contribution in [0.4, 0.5) is 11.8 Å². The van der Waals surface area contributed by atoms with Crippen LogP contribution in [0.5, 0.6) is 5.75 Å². The van der Waals surface area contributed by atoms with Crippen molar-refractivity contribution in [3.8, 4) is 5.75 Å². The van der Waals surface area contributed by atoms with E-state index in [1.54, 1.807) is 7.11 Å². The Labute approximate surface area is 146 Å². The Hall–Kier alpha value is -2.12. The Kier molecular flexibility index (Phi) is 4.47. The molecule has 2 aromatic heterocycles. The Morgan fingerprint density at radius 3 is 2.79 bits per heavy atom. The lowest BCUT2D eigenvalue weighted by atomic mass is 10.1. The first kappa shape index (κ1) is 16.7. The van der Waals surface area contributed by atoms with Gasteiger partial charge in [-0.3, -0.25) is 4.98 Å². The third-order valence-corrected chi connectivity index (χ3v) is 4.71. The van der Waals surface area contributed by atoms with E-state index in [9.17, 15) is 0 Å². The third kappa shape index (κ3) is 2.74. The number of fused-ring (bicyclic) bond motifs is 1. The molecule has 24 heavy (non-hydrogen) atoms. The molecular weight excluding hydrogens is 328 g/mol. The normalized spacial score (nSPS) is 16.4. The van der Waals surface area contributed by atoms with Gasteiger partial charge in [-0.2, -0.15) is 4.98 Å². The summed E-state index contributed by atoms with van der Waals surface area (Å²) in [7, 11) is 1.67. The summed E-state index contributed by atoms with van der Waals surface area (Å²) in [5, 5.41) is 0.376. The molecule has 0 radical (unpaired) electrons. The number of aromatic nitrogens is 3. The molecule has 0 amide bonds. The SMILES string of the molecule is COc1c(C)cnc(CN2C[C@@H](CN)c3c(Cl)nc(N)nc32)c1C. The Balaban J connectivity index is 1.99. The van der Waals surface area contributed by atoms with E-state index in [1.807, 2.05) is 20.0 Å². The first-order valence-corrected chi connectivity index (χ1v) is 8.11. The van der Waals surface area contributed by atoms with E-state index in [1.165, 1.54) is 0 Å². The van der Waals surface area contributed by atoms with E-state index >= 15 is 0 Å². The lowest BCUT2D eigenvalue weighted by Crippen LogP contribution is -2.25. The van der Waals surface area contributed by atoms with Crippen LogP contribution in [0.3, 0.4) is 0 Å². The van der Waals surface area contributed by atoms with Crippen molar-refractivity contribution in [1.82, 2.24) is 15.0 Å². The number of hydrogen-bond donors (Lipinski definition) is 2. The van der Waals surface area contributed by atoms with Crippen molar-refractivity contribution in [2.75, 3.05) is 30.8 Å². The van der Waals surface area contributed by atoms with Crippen LogP contribution in [-0.2, 0) is 6.54 Å². The van der Waals surface area contributed by atoms with Gasteiger partial charge in [0.15, 0.2) is 0 Å². The van der Waals surface area contributed by atoms with Crippen molar-refractivity contribution in [2.45, 2.75) is 26.3 Å².